The number of nitrogens with zero attached hydrogens (tertiary/aromatic N) is 1. The fraction of sp³-hybridized carbons (Fsp3) is 0.458. The highest BCUT2D eigenvalue weighted by Crippen LogP contribution is 2.65. The number of likely N-dealkylation sites (tertiary alicyclic amines) is 1. The van der Waals surface area contributed by atoms with Crippen LogP contribution >= 0.6 is 0 Å². The normalized spacial score (nSPS) is 28.8. The molecule has 0 radical (unpaired) electrons. The van der Waals surface area contributed by atoms with Crippen LogP contribution in [0.3, 0.4) is 0 Å². The average molecular weight is 461 g/mol. The summed E-state index contributed by atoms with van der Waals surface area (Å²) in [5.41, 5.74) is 1.76. The quantitative estimate of drug-likeness (QED) is 0.718. The summed E-state index contributed by atoms with van der Waals surface area (Å²) < 4.78 is 54.0. The van der Waals surface area contributed by atoms with Crippen LogP contribution in [0.2, 0.25) is 0 Å². The lowest BCUT2D eigenvalue weighted by Crippen LogP contribution is -2.62. The van der Waals surface area contributed by atoms with E-state index in [0.29, 0.717) is 36.4 Å². The molecular weight excluding hydrogens is 434 g/mol. The van der Waals surface area contributed by atoms with Gasteiger partial charge < -0.3 is 4.90 Å². The standard InChI is InChI=1S/C24H26F2N2O3S/c1-32(30,31)27-21-5-6-28(23(29)24-12-16(13-24)14-24)22(21)8-15-3-2-4-17(7-15)18-9-19(25)11-20(26)10-18/h2-4,7,9-11,16,21-22,27H,5-6,8,12-14H2,1H3/t16?,21-,22-,24?/m0/s1. The third-order valence-corrected chi connectivity index (χ3v) is 7.96. The lowest BCUT2D eigenvalue weighted by molar-refractivity contribution is -0.177. The van der Waals surface area contributed by atoms with Crippen LogP contribution in [0.25, 0.3) is 11.1 Å². The maximum atomic E-state index is 13.7. The monoisotopic (exact) mass is 460 g/mol. The number of rotatable bonds is 6. The van der Waals surface area contributed by atoms with Gasteiger partial charge >= 0.3 is 0 Å². The molecule has 170 valence electrons. The Labute approximate surface area is 186 Å². The van der Waals surface area contributed by atoms with Gasteiger partial charge in [0.25, 0.3) is 0 Å². The Morgan fingerprint density at radius 1 is 1.09 bits per heavy atom. The second-order valence-electron chi connectivity index (χ2n) is 9.67. The van der Waals surface area contributed by atoms with E-state index in [1.807, 2.05) is 23.1 Å². The maximum absolute atomic E-state index is 13.7. The van der Waals surface area contributed by atoms with Crippen LogP contribution in [0.5, 0.6) is 0 Å². The minimum Gasteiger partial charge on any atom is -0.337 e. The van der Waals surface area contributed by atoms with E-state index in [1.54, 1.807) is 6.07 Å². The van der Waals surface area contributed by atoms with Crippen LogP contribution < -0.4 is 4.72 Å². The Balaban J connectivity index is 1.42. The zero-order valence-electron chi connectivity index (χ0n) is 17.9. The molecule has 2 bridgehead atoms. The largest absolute Gasteiger partial charge is 0.337 e. The molecule has 1 N–H and O–H groups in total. The van der Waals surface area contributed by atoms with Gasteiger partial charge in [-0.3, -0.25) is 4.79 Å². The zero-order chi connectivity index (χ0) is 22.7. The summed E-state index contributed by atoms with van der Waals surface area (Å²) in [4.78, 5) is 15.2. The molecule has 4 aliphatic rings. The Kier molecular flexibility index (Phi) is 5.13. The number of sulfonamides is 1. The number of amides is 1. The number of hydrogen-bond acceptors (Lipinski definition) is 3. The first kappa shape index (κ1) is 21.5. The summed E-state index contributed by atoms with van der Waals surface area (Å²) in [6, 6.07) is 10.1. The number of carbonyl (C=O) groups is 1. The van der Waals surface area contributed by atoms with Gasteiger partial charge in [0.05, 0.1) is 17.7 Å². The fourth-order valence-electron chi connectivity index (χ4n) is 5.66. The van der Waals surface area contributed by atoms with Crippen LogP contribution in [-0.4, -0.2) is 44.1 Å². The summed E-state index contributed by atoms with van der Waals surface area (Å²) >= 11 is 0. The molecule has 6 rings (SSSR count). The molecular formula is C24H26F2N2O3S. The summed E-state index contributed by atoms with van der Waals surface area (Å²) in [5, 5.41) is 0. The first-order chi connectivity index (χ1) is 15.1. The molecule has 0 aromatic heterocycles. The minimum absolute atomic E-state index is 0.145. The molecule has 32 heavy (non-hydrogen) atoms. The van der Waals surface area contributed by atoms with Crippen LogP contribution in [0.1, 0.15) is 31.2 Å². The van der Waals surface area contributed by atoms with Gasteiger partial charge in [0.2, 0.25) is 15.9 Å². The van der Waals surface area contributed by atoms with Crippen molar-refractivity contribution in [2.75, 3.05) is 12.8 Å². The van der Waals surface area contributed by atoms with E-state index in [-0.39, 0.29) is 23.4 Å². The Morgan fingerprint density at radius 2 is 1.78 bits per heavy atom. The van der Waals surface area contributed by atoms with Gasteiger partial charge in [-0.1, -0.05) is 24.3 Å². The molecule has 0 unspecified atom stereocenters. The van der Waals surface area contributed by atoms with E-state index in [1.165, 1.54) is 12.1 Å². The molecule has 1 heterocycles. The van der Waals surface area contributed by atoms with Crippen LogP contribution in [0, 0.1) is 23.0 Å². The number of benzene rings is 2. The molecule has 2 atom stereocenters. The molecule has 2 aromatic carbocycles. The van der Waals surface area contributed by atoms with Crippen LogP contribution in [0.15, 0.2) is 42.5 Å². The van der Waals surface area contributed by atoms with E-state index in [9.17, 15) is 22.0 Å². The molecule has 8 heteroatoms. The summed E-state index contributed by atoms with van der Waals surface area (Å²) in [6.07, 6.45) is 5.00. The van der Waals surface area contributed by atoms with Gasteiger partial charge in [-0.25, -0.2) is 21.9 Å². The molecule has 2 aromatic rings. The van der Waals surface area contributed by atoms with Gasteiger partial charge in [-0.05, 0) is 66.8 Å². The van der Waals surface area contributed by atoms with Crippen molar-refractivity contribution in [3.8, 4) is 11.1 Å². The van der Waals surface area contributed by atoms with Crippen molar-refractivity contribution >= 4 is 15.9 Å². The van der Waals surface area contributed by atoms with E-state index in [0.717, 1.165) is 37.1 Å². The second-order valence-corrected chi connectivity index (χ2v) is 11.5. The van der Waals surface area contributed by atoms with Gasteiger partial charge in [0.15, 0.2) is 0 Å². The van der Waals surface area contributed by atoms with Crippen molar-refractivity contribution in [3.63, 3.8) is 0 Å². The van der Waals surface area contributed by atoms with Gasteiger partial charge in [-0.2, -0.15) is 0 Å². The first-order valence-electron chi connectivity index (χ1n) is 11.0. The molecule has 1 saturated heterocycles. The molecule has 0 spiro atoms. The lowest BCUT2D eigenvalue weighted by Gasteiger charge is -2.61. The van der Waals surface area contributed by atoms with Crippen molar-refractivity contribution in [2.24, 2.45) is 11.3 Å². The van der Waals surface area contributed by atoms with Crippen molar-refractivity contribution in [1.82, 2.24) is 9.62 Å². The number of carbonyl (C=O) groups excluding carboxylic acids is 1. The predicted molar refractivity (Wildman–Crippen MR) is 117 cm³/mol. The summed E-state index contributed by atoms with van der Waals surface area (Å²) in [5.74, 6) is -0.470. The highest BCUT2D eigenvalue weighted by molar-refractivity contribution is 7.88. The smallest absolute Gasteiger partial charge is 0.229 e. The van der Waals surface area contributed by atoms with Gasteiger partial charge in [0.1, 0.15) is 11.6 Å². The van der Waals surface area contributed by atoms with Crippen LogP contribution in [0.4, 0.5) is 8.78 Å². The minimum atomic E-state index is -3.43. The predicted octanol–water partition coefficient (Wildman–Crippen LogP) is 3.49. The summed E-state index contributed by atoms with van der Waals surface area (Å²) in [7, 11) is -3.43. The highest BCUT2D eigenvalue weighted by Gasteiger charge is 2.63. The maximum Gasteiger partial charge on any atom is 0.229 e. The molecule has 1 aliphatic heterocycles. The van der Waals surface area contributed by atoms with Crippen molar-refractivity contribution in [3.05, 3.63) is 59.7 Å². The topological polar surface area (TPSA) is 66.5 Å². The number of halogens is 2. The number of nitrogens with one attached hydrogen (secondary N) is 1. The summed E-state index contributed by atoms with van der Waals surface area (Å²) in [6.45, 7) is 0.526. The Morgan fingerprint density at radius 3 is 2.38 bits per heavy atom. The third-order valence-electron chi connectivity index (χ3n) is 7.23. The molecule has 4 fully saturated rings. The molecule has 1 amide bonds. The van der Waals surface area contributed by atoms with Crippen molar-refractivity contribution in [2.45, 2.75) is 44.2 Å². The van der Waals surface area contributed by atoms with Gasteiger partial charge in [0, 0.05) is 18.7 Å². The average Bonchev–Trinajstić information content (AvgIpc) is 2.99. The second kappa shape index (κ2) is 7.63. The molecule has 5 nitrogen and oxygen atoms in total. The Bertz CT molecular complexity index is 1150. The fourth-order valence-corrected chi connectivity index (χ4v) is 6.48. The lowest BCUT2D eigenvalue weighted by atomic mass is 9.44. The Hall–Kier alpha value is -2.32. The zero-order valence-corrected chi connectivity index (χ0v) is 18.7. The van der Waals surface area contributed by atoms with Crippen LogP contribution in [-0.2, 0) is 21.2 Å². The van der Waals surface area contributed by atoms with E-state index in [4.69, 9.17) is 0 Å². The van der Waals surface area contributed by atoms with Crippen molar-refractivity contribution < 1.29 is 22.0 Å². The number of hydrogen-bond donors (Lipinski definition) is 1. The SMILES string of the molecule is CS(=O)(=O)N[C@H]1CCN(C(=O)C23CC(C2)C3)[C@H]1Cc1cccc(-c2cc(F)cc(F)c2)c1. The molecule has 3 aliphatic carbocycles. The third kappa shape index (κ3) is 3.94. The van der Waals surface area contributed by atoms with Gasteiger partial charge in [-0.15, -0.1) is 0 Å². The van der Waals surface area contributed by atoms with E-state index >= 15 is 0 Å². The highest BCUT2D eigenvalue weighted by atomic mass is 32.2. The first-order valence-corrected chi connectivity index (χ1v) is 12.8. The van der Waals surface area contributed by atoms with Crippen molar-refractivity contribution in [1.29, 1.82) is 0 Å². The van der Waals surface area contributed by atoms with E-state index < -0.39 is 21.7 Å². The molecule has 3 saturated carbocycles. The van der Waals surface area contributed by atoms with E-state index in [2.05, 4.69) is 4.72 Å².